The van der Waals surface area contributed by atoms with Gasteiger partial charge in [-0.25, -0.2) is 8.78 Å². The van der Waals surface area contributed by atoms with E-state index in [1.54, 1.807) is 32.2 Å². The lowest BCUT2D eigenvalue weighted by atomic mass is 10.0. The molecule has 152 valence electrons. The van der Waals surface area contributed by atoms with Gasteiger partial charge < -0.3 is 10.1 Å². The summed E-state index contributed by atoms with van der Waals surface area (Å²) < 4.78 is 32.3. The summed E-state index contributed by atoms with van der Waals surface area (Å²) in [4.78, 5) is 25.5. The molecule has 2 amide bonds. The van der Waals surface area contributed by atoms with Crippen molar-refractivity contribution in [2.75, 3.05) is 17.4 Å². The number of nitrogens with zero attached hydrogens (tertiary/aromatic N) is 2. The van der Waals surface area contributed by atoms with Crippen LogP contribution in [-0.2, 0) is 15.5 Å². The molecule has 0 aliphatic carbocycles. The Morgan fingerprint density at radius 1 is 1.21 bits per heavy atom. The topological polar surface area (TPSA) is 71.0 Å². The molecule has 8 heteroatoms. The van der Waals surface area contributed by atoms with Gasteiger partial charge in [-0.3, -0.25) is 9.59 Å². The van der Waals surface area contributed by atoms with Crippen molar-refractivity contribution in [2.24, 2.45) is 11.0 Å². The highest BCUT2D eigenvalue weighted by molar-refractivity contribution is 6.28. The van der Waals surface area contributed by atoms with E-state index >= 15 is 0 Å². The minimum Gasteiger partial charge on any atom is -0.496 e. The van der Waals surface area contributed by atoms with Crippen LogP contribution >= 0.6 is 0 Å². The van der Waals surface area contributed by atoms with Crippen molar-refractivity contribution in [3.63, 3.8) is 0 Å². The molecule has 1 aliphatic heterocycles. The Hall–Kier alpha value is -3.29. The second kappa shape index (κ2) is 7.62. The maximum atomic E-state index is 13.5. The van der Waals surface area contributed by atoms with Gasteiger partial charge in [0, 0.05) is 18.2 Å². The number of carbonyl (C=O) groups excluding carboxylic acids is 2. The number of rotatable bonds is 5. The van der Waals surface area contributed by atoms with Gasteiger partial charge in [0.15, 0.2) is 5.92 Å². The summed E-state index contributed by atoms with van der Waals surface area (Å²) in [6.07, 6.45) is 0. The molecule has 0 fully saturated rings. The van der Waals surface area contributed by atoms with E-state index in [1.165, 1.54) is 29.3 Å². The molecule has 6 nitrogen and oxygen atoms in total. The highest BCUT2D eigenvalue weighted by Gasteiger charge is 2.40. The van der Waals surface area contributed by atoms with E-state index in [1.807, 2.05) is 6.92 Å². The van der Waals surface area contributed by atoms with Crippen LogP contribution in [0, 0.1) is 12.8 Å². The molecule has 2 aromatic carbocycles. The number of anilines is 2. The third kappa shape index (κ3) is 4.11. The number of alkyl halides is 2. The fraction of sp³-hybridized carbons (Fsp3) is 0.286. The minimum absolute atomic E-state index is 0.188. The van der Waals surface area contributed by atoms with Gasteiger partial charge in [0.25, 0.3) is 11.8 Å². The third-order valence-electron chi connectivity index (χ3n) is 4.65. The Balaban J connectivity index is 1.80. The van der Waals surface area contributed by atoms with Crippen LogP contribution in [0.3, 0.4) is 0 Å². The summed E-state index contributed by atoms with van der Waals surface area (Å²) in [5.41, 5.74) is 1.60. The van der Waals surface area contributed by atoms with E-state index in [-0.39, 0.29) is 11.3 Å². The number of benzene rings is 2. The van der Waals surface area contributed by atoms with E-state index < -0.39 is 23.7 Å². The average molecular weight is 401 g/mol. The van der Waals surface area contributed by atoms with Crippen molar-refractivity contribution in [3.05, 3.63) is 53.6 Å². The van der Waals surface area contributed by atoms with Gasteiger partial charge in [-0.1, -0.05) is 12.1 Å². The Morgan fingerprint density at radius 2 is 1.93 bits per heavy atom. The molecular weight excluding hydrogens is 380 g/mol. The predicted molar refractivity (Wildman–Crippen MR) is 106 cm³/mol. The zero-order chi connectivity index (χ0) is 21.3. The lowest BCUT2D eigenvalue weighted by Gasteiger charge is -2.16. The van der Waals surface area contributed by atoms with Gasteiger partial charge in [0.05, 0.1) is 18.5 Å². The molecule has 0 radical (unpaired) electrons. The molecule has 0 saturated carbocycles. The molecule has 1 atom stereocenters. The fourth-order valence-corrected chi connectivity index (χ4v) is 3.13. The number of nitrogens with one attached hydrogen (secondary N) is 1. The summed E-state index contributed by atoms with van der Waals surface area (Å²) in [5, 5.41) is 7.92. The van der Waals surface area contributed by atoms with E-state index in [4.69, 9.17) is 4.74 Å². The van der Waals surface area contributed by atoms with Crippen LogP contribution in [0.5, 0.6) is 5.75 Å². The van der Waals surface area contributed by atoms with Crippen molar-refractivity contribution >= 4 is 28.9 Å². The van der Waals surface area contributed by atoms with Crippen molar-refractivity contribution < 1.29 is 23.1 Å². The quantitative estimate of drug-likeness (QED) is 0.767. The lowest BCUT2D eigenvalue weighted by Crippen LogP contribution is -2.36. The number of hydrogen-bond donors (Lipinski definition) is 1. The SMILES string of the molecule is COc1ccc(N2N=C(C)C(C(=O)Nc3cccc(C(C)(F)F)c3)C2=O)cc1C. The zero-order valence-electron chi connectivity index (χ0n) is 16.5. The number of carbonyl (C=O) groups is 2. The van der Waals surface area contributed by atoms with E-state index in [9.17, 15) is 18.4 Å². The van der Waals surface area contributed by atoms with Crippen LogP contribution in [-0.4, -0.2) is 24.6 Å². The minimum atomic E-state index is -3.04. The molecule has 0 saturated heterocycles. The van der Waals surface area contributed by atoms with Crippen molar-refractivity contribution in [1.29, 1.82) is 0 Å². The average Bonchev–Trinajstić information content (AvgIpc) is 2.95. The smallest absolute Gasteiger partial charge is 0.270 e. The number of aryl methyl sites for hydroxylation is 1. The second-order valence-corrected chi connectivity index (χ2v) is 6.94. The standard InChI is InChI=1S/C21H21F2N3O3/c1-12-10-16(8-9-17(12)29-4)26-20(28)18(13(2)25-26)19(27)24-15-7-5-6-14(11-15)21(3,22)23/h5-11,18H,1-4H3,(H,24,27). The molecule has 29 heavy (non-hydrogen) atoms. The third-order valence-corrected chi connectivity index (χ3v) is 4.65. The summed E-state index contributed by atoms with van der Waals surface area (Å²) in [5.74, 6) is -4.64. The number of methoxy groups -OCH3 is 1. The highest BCUT2D eigenvalue weighted by Crippen LogP contribution is 2.31. The van der Waals surface area contributed by atoms with E-state index in [0.29, 0.717) is 17.1 Å². The highest BCUT2D eigenvalue weighted by atomic mass is 19.3. The Bertz CT molecular complexity index is 999. The number of hydrogen-bond acceptors (Lipinski definition) is 4. The van der Waals surface area contributed by atoms with Gasteiger partial charge in [0.1, 0.15) is 5.75 Å². The van der Waals surface area contributed by atoms with Crippen LogP contribution in [0.15, 0.2) is 47.6 Å². The van der Waals surface area contributed by atoms with Crippen LogP contribution < -0.4 is 15.1 Å². The molecule has 1 aliphatic rings. The molecule has 1 unspecified atom stereocenters. The summed E-state index contributed by atoms with van der Waals surface area (Å²) in [6.45, 7) is 4.19. The van der Waals surface area contributed by atoms with E-state index in [0.717, 1.165) is 12.5 Å². The Kier molecular flexibility index (Phi) is 5.37. The summed E-state index contributed by atoms with van der Waals surface area (Å²) >= 11 is 0. The maximum Gasteiger partial charge on any atom is 0.270 e. The Morgan fingerprint density at radius 3 is 2.55 bits per heavy atom. The van der Waals surface area contributed by atoms with Crippen LogP contribution in [0.4, 0.5) is 20.2 Å². The van der Waals surface area contributed by atoms with Gasteiger partial charge in [0.2, 0.25) is 5.91 Å². The van der Waals surface area contributed by atoms with Crippen molar-refractivity contribution in [3.8, 4) is 5.75 Å². The Labute approximate surface area is 167 Å². The molecular formula is C21H21F2N3O3. The molecule has 0 bridgehead atoms. The second-order valence-electron chi connectivity index (χ2n) is 6.94. The number of amides is 2. The predicted octanol–water partition coefficient (Wildman–Crippen LogP) is 4.09. The van der Waals surface area contributed by atoms with Gasteiger partial charge in [-0.05, 0) is 49.7 Å². The van der Waals surface area contributed by atoms with E-state index in [2.05, 4.69) is 10.4 Å². The number of halogens is 2. The molecule has 1 N–H and O–H groups in total. The first-order valence-electron chi connectivity index (χ1n) is 8.94. The summed E-state index contributed by atoms with van der Waals surface area (Å²) in [7, 11) is 1.55. The van der Waals surface area contributed by atoms with Crippen LogP contribution in [0.25, 0.3) is 0 Å². The zero-order valence-corrected chi connectivity index (χ0v) is 16.5. The van der Waals surface area contributed by atoms with Gasteiger partial charge >= 0.3 is 0 Å². The molecule has 0 aromatic heterocycles. The van der Waals surface area contributed by atoms with Crippen LogP contribution in [0.2, 0.25) is 0 Å². The number of hydrazone groups is 1. The van der Waals surface area contributed by atoms with Crippen molar-refractivity contribution in [1.82, 2.24) is 0 Å². The largest absolute Gasteiger partial charge is 0.496 e. The molecule has 3 rings (SSSR count). The molecule has 1 heterocycles. The lowest BCUT2D eigenvalue weighted by molar-refractivity contribution is -0.127. The summed E-state index contributed by atoms with van der Waals surface area (Å²) in [6, 6.07) is 10.5. The van der Waals surface area contributed by atoms with Crippen molar-refractivity contribution in [2.45, 2.75) is 26.7 Å². The van der Waals surface area contributed by atoms with Gasteiger partial charge in [-0.15, -0.1) is 0 Å². The van der Waals surface area contributed by atoms with Gasteiger partial charge in [-0.2, -0.15) is 10.1 Å². The van der Waals surface area contributed by atoms with Crippen LogP contribution in [0.1, 0.15) is 25.0 Å². The fourth-order valence-electron chi connectivity index (χ4n) is 3.13. The number of ether oxygens (including phenoxy) is 1. The molecule has 2 aromatic rings. The molecule has 0 spiro atoms. The first-order chi connectivity index (χ1) is 13.6. The normalized spacial score (nSPS) is 16.6. The first-order valence-corrected chi connectivity index (χ1v) is 8.94. The first kappa shape index (κ1) is 20.4. The maximum absolute atomic E-state index is 13.5. The monoisotopic (exact) mass is 401 g/mol.